The first-order chi connectivity index (χ1) is 9.55. The third-order valence-corrected chi connectivity index (χ3v) is 3.95. The van der Waals surface area contributed by atoms with Crippen molar-refractivity contribution >= 4 is 5.91 Å². The number of carbonyl (C=O) groups excluding carboxylic acids is 1. The molecule has 0 aromatic heterocycles. The molecule has 1 saturated carbocycles. The van der Waals surface area contributed by atoms with Crippen molar-refractivity contribution < 1.29 is 14.3 Å². The van der Waals surface area contributed by atoms with Crippen LogP contribution >= 0.6 is 0 Å². The smallest absolute Gasteiger partial charge is 0.255 e. The first-order valence-electron chi connectivity index (χ1n) is 6.79. The highest BCUT2D eigenvalue weighted by atomic mass is 16.5. The highest BCUT2D eigenvalue weighted by molar-refractivity contribution is 5.98. The largest absolute Gasteiger partial charge is 0.493 e. The molecule has 1 aliphatic carbocycles. The second-order valence-corrected chi connectivity index (χ2v) is 5.39. The van der Waals surface area contributed by atoms with Gasteiger partial charge in [0.2, 0.25) is 0 Å². The number of hydrogen-bond acceptors (Lipinski definition) is 4. The number of benzene rings is 1. The lowest BCUT2D eigenvalue weighted by Gasteiger charge is -2.29. The molecular weight excluding hydrogens is 256 g/mol. The van der Waals surface area contributed by atoms with Crippen molar-refractivity contribution in [2.75, 3.05) is 20.8 Å². The molecule has 1 fully saturated rings. The van der Waals surface area contributed by atoms with Crippen molar-refractivity contribution in [3.05, 3.63) is 23.8 Å². The third kappa shape index (κ3) is 2.72. The minimum atomic E-state index is -0.356. The van der Waals surface area contributed by atoms with Gasteiger partial charge in [-0.3, -0.25) is 4.79 Å². The van der Waals surface area contributed by atoms with Crippen molar-refractivity contribution in [2.24, 2.45) is 11.7 Å². The summed E-state index contributed by atoms with van der Waals surface area (Å²) in [6, 6.07) is 5.26. The molecule has 5 heteroatoms. The maximum Gasteiger partial charge on any atom is 0.255 e. The Morgan fingerprint density at radius 1 is 1.40 bits per heavy atom. The molecule has 0 heterocycles. The molecule has 110 valence electrons. The molecule has 0 spiro atoms. The zero-order valence-corrected chi connectivity index (χ0v) is 12.2. The Balaban J connectivity index is 2.25. The number of ether oxygens (including phenoxy) is 2. The Hall–Kier alpha value is -1.75. The van der Waals surface area contributed by atoms with Gasteiger partial charge < -0.3 is 20.5 Å². The predicted octanol–water partition coefficient (Wildman–Crippen LogP) is 1.56. The van der Waals surface area contributed by atoms with E-state index in [0.29, 0.717) is 29.5 Å². The number of para-hydroxylation sites is 1. The number of nitrogens with two attached hydrogens (primary N) is 1. The fourth-order valence-electron chi connectivity index (χ4n) is 2.43. The van der Waals surface area contributed by atoms with Gasteiger partial charge in [0.05, 0.1) is 25.3 Å². The van der Waals surface area contributed by atoms with Gasteiger partial charge in [-0.2, -0.15) is 0 Å². The van der Waals surface area contributed by atoms with E-state index in [0.717, 1.165) is 12.8 Å². The molecule has 1 aromatic carbocycles. The monoisotopic (exact) mass is 278 g/mol. The molecule has 0 aliphatic heterocycles. The molecule has 1 unspecified atom stereocenters. The van der Waals surface area contributed by atoms with E-state index in [1.807, 2.05) is 6.92 Å². The average Bonchev–Trinajstić information content (AvgIpc) is 3.30. The van der Waals surface area contributed by atoms with Gasteiger partial charge in [-0.25, -0.2) is 0 Å². The summed E-state index contributed by atoms with van der Waals surface area (Å²) in [5, 5.41) is 3.05. The SMILES string of the molecule is COc1cccc(C(=O)NC(C)(CN)C2CC2)c1OC. The minimum Gasteiger partial charge on any atom is -0.493 e. The van der Waals surface area contributed by atoms with Crippen LogP contribution in [-0.4, -0.2) is 32.2 Å². The average molecular weight is 278 g/mol. The van der Waals surface area contributed by atoms with Crippen LogP contribution in [0.4, 0.5) is 0 Å². The van der Waals surface area contributed by atoms with E-state index in [-0.39, 0.29) is 11.4 Å². The van der Waals surface area contributed by atoms with Gasteiger partial charge in [-0.1, -0.05) is 6.07 Å². The van der Waals surface area contributed by atoms with E-state index < -0.39 is 0 Å². The second kappa shape index (κ2) is 5.71. The van der Waals surface area contributed by atoms with Crippen molar-refractivity contribution in [1.29, 1.82) is 0 Å². The van der Waals surface area contributed by atoms with E-state index >= 15 is 0 Å². The number of nitrogens with one attached hydrogen (secondary N) is 1. The molecule has 1 atom stereocenters. The summed E-state index contributed by atoms with van der Waals surface area (Å²) in [6.07, 6.45) is 2.23. The zero-order valence-electron chi connectivity index (χ0n) is 12.2. The van der Waals surface area contributed by atoms with Crippen molar-refractivity contribution in [1.82, 2.24) is 5.32 Å². The Bertz CT molecular complexity index is 500. The van der Waals surface area contributed by atoms with Crippen LogP contribution in [0.3, 0.4) is 0 Å². The van der Waals surface area contributed by atoms with E-state index in [1.165, 1.54) is 7.11 Å². The summed E-state index contributed by atoms with van der Waals surface area (Å²) < 4.78 is 10.5. The van der Waals surface area contributed by atoms with Crippen LogP contribution in [0.15, 0.2) is 18.2 Å². The molecule has 0 saturated heterocycles. The highest BCUT2D eigenvalue weighted by Crippen LogP contribution is 2.39. The first kappa shape index (κ1) is 14.7. The molecule has 1 aliphatic rings. The van der Waals surface area contributed by atoms with Gasteiger partial charge in [0.15, 0.2) is 11.5 Å². The van der Waals surface area contributed by atoms with E-state index in [4.69, 9.17) is 15.2 Å². The quantitative estimate of drug-likeness (QED) is 0.828. The van der Waals surface area contributed by atoms with E-state index in [1.54, 1.807) is 25.3 Å². The number of amides is 1. The first-order valence-corrected chi connectivity index (χ1v) is 6.79. The van der Waals surface area contributed by atoms with Crippen molar-refractivity contribution in [3.63, 3.8) is 0 Å². The number of carbonyl (C=O) groups is 1. The lowest BCUT2D eigenvalue weighted by Crippen LogP contribution is -2.53. The van der Waals surface area contributed by atoms with Crippen LogP contribution in [0.2, 0.25) is 0 Å². The van der Waals surface area contributed by atoms with Crippen LogP contribution in [0.1, 0.15) is 30.1 Å². The van der Waals surface area contributed by atoms with Crippen LogP contribution in [0.5, 0.6) is 11.5 Å². The molecule has 20 heavy (non-hydrogen) atoms. The third-order valence-electron chi connectivity index (χ3n) is 3.95. The molecule has 0 bridgehead atoms. The molecular formula is C15H22N2O3. The van der Waals surface area contributed by atoms with Crippen molar-refractivity contribution in [2.45, 2.75) is 25.3 Å². The van der Waals surface area contributed by atoms with Crippen molar-refractivity contribution in [3.8, 4) is 11.5 Å². The number of hydrogen-bond donors (Lipinski definition) is 2. The molecule has 5 nitrogen and oxygen atoms in total. The highest BCUT2D eigenvalue weighted by Gasteiger charge is 2.42. The predicted molar refractivity (Wildman–Crippen MR) is 77.2 cm³/mol. The Kier molecular flexibility index (Phi) is 4.18. The van der Waals surface area contributed by atoms with E-state index in [2.05, 4.69) is 5.32 Å². The van der Waals surface area contributed by atoms with Gasteiger partial charge in [-0.15, -0.1) is 0 Å². The molecule has 2 rings (SSSR count). The Labute approximate surface area is 119 Å². The molecule has 1 amide bonds. The fourth-order valence-corrected chi connectivity index (χ4v) is 2.43. The molecule has 3 N–H and O–H groups in total. The summed E-state index contributed by atoms with van der Waals surface area (Å²) in [4.78, 5) is 12.5. The maximum absolute atomic E-state index is 12.5. The summed E-state index contributed by atoms with van der Waals surface area (Å²) >= 11 is 0. The van der Waals surface area contributed by atoms with E-state index in [9.17, 15) is 4.79 Å². The summed E-state index contributed by atoms with van der Waals surface area (Å²) in [5.41, 5.74) is 5.94. The summed E-state index contributed by atoms with van der Waals surface area (Å²) in [5.74, 6) is 1.28. The Morgan fingerprint density at radius 2 is 2.10 bits per heavy atom. The van der Waals surface area contributed by atoms with Gasteiger partial charge >= 0.3 is 0 Å². The standard InChI is InChI=1S/C15H22N2O3/c1-15(9-16,10-7-8-10)17-14(18)11-5-4-6-12(19-2)13(11)20-3/h4-6,10H,7-9,16H2,1-3H3,(H,17,18). The van der Waals surface area contributed by atoms with Crippen LogP contribution in [0, 0.1) is 5.92 Å². The van der Waals surface area contributed by atoms with Gasteiger partial charge in [-0.05, 0) is 37.8 Å². The normalized spacial score (nSPS) is 17.2. The topological polar surface area (TPSA) is 73.6 Å². The van der Waals surface area contributed by atoms with Crippen LogP contribution in [0.25, 0.3) is 0 Å². The van der Waals surface area contributed by atoms with Crippen LogP contribution < -0.4 is 20.5 Å². The fraction of sp³-hybridized carbons (Fsp3) is 0.533. The lowest BCUT2D eigenvalue weighted by molar-refractivity contribution is 0.0894. The Morgan fingerprint density at radius 3 is 2.60 bits per heavy atom. The zero-order chi connectivity index (χ0) is 14.8. The summed E-state index contributed by atoms with van der Waals surface area (Å²) in [6.45, 7) is 2.42. The van der Waals surface area contributed by atoms with Crippen LogP contribution in [-0.2, 0) is 0 Å². The van der Waals surface area contributed by atoms with Gasteiger partial charge in [0.25, 0.3) is 5.91 Å². The molecule has 0 radical (unpaired) electrons. The second-order valence-electron chi connectivity index (χ2n) is 5.39. The van der Waals surface area contributed by atoms with Gasteiger partial charge in [0.1, 0.15) is 0 Å². The minimum absolute atomic E-state index is 0.180. The number of rotatable bonds is 6. The lowest BCUT2D eigenvalue weighted by atomic mass is 9.95. The molecule has 1 aromatic rings. The summed E-state index contributed by atoms with van der Waals surface area (Å²) in [7, 11) is 3.07. The maximum atomic E-state index is 12.5. The number of methoxy groups -OCH3 is 2. The van der Waals surface area contributed by atoms with Gasteiger partial charge in [0, 0.05) is 6.54 Å².